The average molecular weight is 434 g/mol. The molecule has 9 heteroatoms. The molecule has 4 rings (SSSR count). The molecule has 1 amide bonds. The highest BCUT2D eigenvalue weighted by molar-refractivity contribution is 7.17. The predicted molar refractivity (Wildman–Crippen MR) is 120 cm³/mol. The van der Waals surface area contributed by atoms with E-state index in [4.69, 9.17) is 0 Å². The van der Waals surface area contributed by atoms with Gasteiger partial charge in [-0.3, -0.25) is 24.3 Å². The molecule has 156 valence electrons. The predicted octanol–water partition coefficient (Wildman–Crippen LogP) is 4.54. The van der Waals surface area contributed by atoms with Crippen molar-refractivity contribution in [3.8, 4) is 11.1 Å². The molecule has 1 N–H and O–H groups in total. The number of nitro groups is 1. The number of non-ortho nitro benzene ring substituents is 1. The van der Waals surface area contributed by atoms with Gasteiger partial charge in [0, 0.05) is 28.8 Å². The Morgan fingerprint density at radius 3 is 2.68 bits per heavy atom. The van der Waals surface area contributed by atoms with E-state index in [-0.39, 0.29) is 17.2 Å². The van der Waals surface area contributed by atoms with Crippen LogP contribution in [0.15, 0.2) is 65.0 Å². The van der Waals surface area contributed by atoms with Crippen molar-refractivity contribution in [1.82, 2.24) is 9.55 Å². The van der Waals surface area contributed by atoms with E-state index in [1.165, 1.54) is 34.4 Å². The van der Waals surface area contributed by atoms with Crippen molar-refractivity contribution in [2.24, 2.45) is 0 Å². The number of carbonyl (C=O) groups excluding carboxylic acids is 1. The number of fused-ring (bicyclic) bond motifs is 1. The number of carbonyl (C=O) groups is 1. The lowest BCUT2D eigenvalue weighted by atomic mass is 10.1. The van der Waals surface area contributed by atoms with Crippen LogP contribution in [-0.4, -0.2) is 20.4 Å². The third-order valence-corrected chi connectivity index (χ3v) is 5.89. The molecule has 0 aliphatic heterocycles. The number of hydrogen-bond donors (Lipinski definition) is 1. The lowest BCUT2D eigenvalue weighted by Gasteiger charge is -2.15. The van der Waals surface area contributed by atoms with Gasteiger partial charge in [-0.2, -0.15) is 0 Å². The number of nitro benzene ring substituents is 1. The third-order valence-electron chi connectivity index (χ3n) is 5.00. The molecule has 0 saturated heterocycles. The summed E-state index contributed by atoms with van der Waals surface area (Å²) in [6, 6.07) is 12.7. The summed E-state index contributed by atoms with van der Waals surface area (Å²) in [6.45, 7) is 3.58. The fourth-order valence-corrected chi connectivity index (χ4v) is 4.14. The highest BCUT2D eigenvalue weighted by Crippen LogP contribution is 2.32. The smallest absolute Gasteiger partial charge is 0.270 e. The van der Waals surface area contributed by atoms with Crippen LogP contribution < -0.4 is 10.9 Å². The lowest BCUT2D eigenvalue weighted by molar-refractivity contribution is -0.384. The molecule has 31 heavy (non-hydrogen) atoms. The first-order valence-corrected chi connectivity index (χ1v) is 10.3. The molecule has 0 fully saturated rings. The second kappa shape index (κ2) is 8.11. The number of nitrogens with one attached hydrogen (secondary N) is 1. The Morgan fingerprint density at radius 1 is 1.23 bits per heavy atom. The minimum Gasteiger partial charge on any atom is -0.324 e. The number of aromatic nitrogens is 2. The highest BCUT2D eigenvalue weighted by Gasteiger charge is 2.21. The molecule has 0 aliphatic carbocycles. The van der Waals surface area contributed by atoms with Crippen LogP contribution in [0, 0.1) is 17.0 Å². The van der Waals surface area contributed by atoms with Gasteiger partial charge >= 0.3 is 0 Å². The van der Waals surface area contributed by atoms with Crippen molar-refractivity contribution in [2.75, 3.05) is 5.32 Å². The van der Waals surface area contributed by atoms with E-state index in [0.717, 1.165) is 5.56 Å². The van der Waals surface area contributed by atoms with E-state index >= 15 is 0 Å². The van der Waals surface area contributed by atoms with Gasteiger partial charge in [0.25, 0.3) is 11.2 Å². The number of hydrogen-bond acceptors (Lipinski definition) is 6. The van der Waals surface area contributed by atoms with Gasteiger partial charge in [0.05, 0.1) is 16.6 Å². The van der Waals surface area contributed by atoms with Crippen molar-refractivity contribution in [1.29, 1.82) is 0 Å². The molecule has 2 aromatic heterocycles. The number of benzene rings is 2. The van der Waals surface area contributed by atoms with Crippen LogP contribution in [0.1, 0.15) is 18.5 Å². The van der Waals surface area contributed by atoms with Gasteiger partial charge in [0.15, 0.2) is 0 Å². The van der Waals surface area contributed by atoms with Crippen LogP contribution in [0.2, 0.25) is 0 Å². The average Bonchev–Trinajstić information content (AvgIpc) is 3.20. The van der Waals surface area contributed by atoms with Gasteiger partial charge in [0.2, 0.25) is 5.91 Å². The van der Waals surface area contributed by atoms with Crippen molar-refractivity contribution in [3.05, 3.63) is 86.3 Å². The van der Waals surface area contributed by atoms with Crippen molar-refractivity contribution in [3.63, 3.8) is 0 Å². The summed E-state index contributed by atoms with van der Waals surface area (Å²) in [5, 5.41) is 16.0. The molecule has 1 atom stereocenters. The molecule has 2 aromatic carbocycles. The molecule has 0 aliphatic rings. The Balaban J connectivity index is 1.72. The van der Waals surface area contributed by atoms with E-state index in [0.29, 0.717) is 27.0 Å². The molecule has 2 heterocycles. The molecule has 0 radical (unpaired) electrons. The van der Waals surface area contributed by atoms with E-state index in [1.807, 2.05) is 19.1 Å². The zero-order valence-electron chi connectivity index (χ0n) is 16.7. The van der Waals surface area contributed by atoms with Gasteiger partial charge in [-0.25, -0.2) is 4.98 Å². The molecular formula is C22H18N4O4S. The quantitative estimate of drug-likeness (QED) is 0.366. The maximum absolute atomic E-state index is 13.3. The first-order valence-electron chi connectivity index (χ1n) is 9.46. The molecule has 1 unspecified atom stereocenters. The third kappa shape index (κ3) is 3.95. The van der Waals surface area contributed by atoms with Crippen LogP contribution in [0.4, 0.5) is 11.4 Å². The Labute approximate surface area is 181 Å². The summed E-state index contributed by atoms with van der Waals surface area (Å²) in [5.74, 6) is -0.348. The molecule has 0 spiro atoms. The van der Waals surface area contributed by atoms with Crippen molar-refractivity contribution < 1.29 is 9.72 Å². The Kier molecular flexibility index (Phi) is 5.35. The second-order valence-electron chi connectivity index (χ2n) is 7.13. The summed E-state index contributed by atoms with van der Waals surface area (Å²) < 4.78 is 1.28. The zero-order valence-corrected chi connectivity index (χ0v) is 17.6. The van der Waals surface area contributed by atoms with Crippen LogP contribution in [-0.2, 0) is 4.79 Å². The van der Waals surface area contributed by atoms with Gasteiger partial charge in [0.1, 0.15) is 10.9 Å². The Bertz CT molecular complexity index is 1360. The zero-order chi connectivity index (χ0) is 22.1. The SMILES string of the molecule is Cc1ccc(NC(=O)C(C)n2cnc3scc(-c4cccc([N+](=O)[O-])c4)c3c2=O)cc1. The van der Waals surface area contributed by atoms with Crippen LogP contribution in [0.3, 0.4) is 0 Å². The Hall–Kier alpha value is -3.85. The number of aryl methyl sites for hydroxylation is 1. The van der Waals surface area contributed by atoms with E-state index < -0.39 is 11.0 Å². The minimum absolute atomic E-state index is 0.0630. The molecule has 0 bridgehead atoms. The molecule has 4 aromatic rings. The minimum atomic E-state index is -0.802. The van der Waals surface area contributed by atoms with Crippen LogP contribution in [0.5, 0.6) is 0 Å². The second-order valence-corrected chi connectivity index (χ2v) is 7.98. The van der Waals surface area contributed by atoms with Crippen molar-refractivity contribution in [2.45, 2.75) is 19.9 Å². The number of anilines is 1. The summed E-state index contributed by atoms with van der Waals surface area (Å²) in [4.78, 5) is 41.5. The van der Waals surface area contributed by atoms with Crippen LogP contribution >= 0.6 is 11.3 Å². The fourth-order valence-electron chi connectivity index (χ4n) is 3.23. The topological polar surface area (TPSA) is 107 Å². The Morgan fingerprint density at radius 2 is 1.97 bits per heavy atom. The first-order chi connectivity index (χ1) is 14.8. The maximum Gasteiger partial charge on any atom is 0.270 e. The number of rotatable bonds is 5. The first kappa shape index (κ1) is 20.4. The largest absolute Gasteiger partial charge is 0.324 e. The molecule has 0 saturated carbocycles. The van der Waals surface area contributed by atoms with E-state index in [2.05, 4.69) is 10.3 Å². The van der Waals surface area contributed by atoms with Crippen molar-refractivity contribution >= 4 is 38.8 Å². The number of amides is 1. The van der Waals surface area contributed by atoms with Gasteiger partial charge in [-0.05, 0) is 31.5 Å². The summed E-state index contributed by atoms with van der Waals surface area (Å²) in [5.41, 5.74) is 2.38. The standard InChI is InChI=1S/C22H18N4O4S/c1-13-6-8-16(9-7-13)24-20(27)14(2)25-12-23-21-19(22(25)28)18(11-31-21)15-4-3-5-17(10-15)26(29)30/h3-12,14H,1-2H3,(H,24,27). The normalized spacial score (nSPS) is 11.9. The maximum atomic E-state index is 13.3. The van der Waals surface area contributed by atoms with Crippen LogP contribution in [0.25, 0.3) is 21.3 Å². The summed E-state index contributed by atoms with van der Waals surface area (Å²) in [7, 11) is 0. The lowest BCUT2D eigenvalue weighted by Crippen LogP contribution is -2.31. The van der Waals surface area contributed by atoms with E-state index in [9.17, 15) is 19.7 Å². The van der Waals surface area contributed by atoms with E-state index in [1.54, 1.807) is 36.6 Å². The van der Waals surface area contributed by atoms with Gasteiger partial charge in [-0.1, -0.05) is 29.8 Å². The summed E-state index contributed by atoms with van der Waals surface area (Å²) >= 11 is 1.28. The molecule has 8 nitrogen and oxygen atoms in total. The van der Waals surface area contributed by atoms with Gasteiger partial charge < -0.3 is 5.32 Å². The monoisotopic (exact) mass is 434 g/mol. The number of nitrogens with zero attached hydrogens (tertiary/aromatic N) is 3. The number of thiophene rings is 1. The van der Waals surface area contributed by atoms with Gasteiger partial charge in [-0.15, -0.1) is 11.3 Å². The molecular weight excluding hydrogens is 416 g/mol. The fraction of sp³-hybridized carbons (Fsp3) is 0.136. The summed E-state index contributed by atoms with van der Waals surface area (Å²) in [6.07, 6.45) is 1.36. The highest BCUT2D eigenvalue weighted by atomic mass is 32.1.